The van der Waals surface area contributed by atoms with Crippen LogP contribution in [0.3, 0.4) is 0 Å². The number of pyridine rings is 1. The number of nitrogens with one attached hydrogen (secondary N) is 1. The highest BCUT2D eigenvalue weighted by Crippen LogP contribution is 2.32. The fourth-order valence-corrected chi connectivity index (χ4v) is 2.64. The lowest BCUT2D eigenvalue weighted by atomic mass is 10.1. The number of carbonyl (C=O) groups excluding carboxylic acids is 1. The molecule has 3 rings (SSSR count). The molecule has 5 nitrogen and oxygen atoms in total. The van der Waals surface area contributed by atoms with Gasteiger partial charge < -0.3 is 5.32 Å². The molecule has 1 aromatic carbocycles. The highest BCUT2D eigenvalue weighted by Gasteiger charge is 2.35. The highest BCUT2D eigenvalue weighted by molar-refractivity contribution is 6.30. The molecule has 134 valence electrons. The second-order valence-electron chi connectivity index (χ2n) is 5.45. The van der Waals surface area contributed by atoms with Crippen LogP contribution in [0.5, 0.6) is 0 Å². The van der Waals surface area contributed by atoms with Gasteiger partial charge in [-0.2, -0.15) is 13.2 Å². The van der Waals surface area contributed by atoms with Crippen molar-refractivity contribution in [1.29, 1.82) is 0 Å². The Labute approximate surface area is 150 Å². The van der Waals surface area contributed by atoms with Crippen molar-refractivity contribution in [2.24, 2.45) is 0 Å². The predicted molar refractivity (Wildman–Crippen MR) is 90.6 cm³/mol. The van der Waals surface area contributed by atoms with E-state index in [-0.39, 0.29) is 16.4 Å². The van der Waals surface area contributed by atoms with Crippen LogP contribution < -0.4 is 10.9 Å². The Morgan fingerprint density at radius 1 is 1.19 bits per heavy atom. The van der Waals surface area contributed by atoms with Crippen LogP contribution in [0, 0.1) is 6.92 Å². The number of aryl methyl sites for hydroxylation is 1. The smallest absolute Gasteiger partial charge is 0.316 e. The molecular weight excluding hydrogens is 371 g/mol. The van der Waals surface area contributed by atoms with E-state index in [4.69, 9.17) is 11.6 Å². The molecule has 1 N–H and O–H groups in total. The lowest BCUT2D eigenvalue weighted by Crippen LogP contribution is -2.26. The molecule has 26 heavy (non-hydrogen) atoms. The third-order valence-electron chi connectivity index (χ3n) is 3.68. The Kier molecular flexibility index (Phi) is 4.45. The molecule has 0 unspecified atom stereocenters. The van der Waals surface area contributed by atoms with E-state index in [0.29, 0.717) is 5.65 Å². The van der Waals surface area contributed by atoms with Gasteiger partial charge in [0.1, 0.15) is 11.3 Å². The summed E-state index contributed by atoms with van der Waals surface area (Å²) in [6.07, 6.45) is -3.39. The maximum Gasteiger partial charge on any atom is 0.417 e. The summed E-state index contributed by atoms with van der Waals surface area (Å²) in [6, 6.07) is 7.38. The van der Waals surface area contributed by atoms with Gasteiger partial charge in [-0.05, 0) is 31.2 Å². The molecule has 0 spiro atoms. The Morgan fingerprint density at radius 3 is 2.58 bits per heavy atom. The summed E-state index contributed by atoms with van der Waals surface area (Å²) in [7, 11) is 0. The van der Waals surface area contributed by atoms with Gasteiger partial charge in [-0.1, -0.05) is 23.7 Å². The zero-order chi connectivity index (χ0) is 19.1. The van der Waals surface area contributed by atoms with Gasteiger partial charge in [0.25, 0.3) is 11.5 Å². The number of hydrogen-bond donors (Lipinski definition) is 1. The molecule has 0 saturated carbocycles. The van der Waals surface area contributed by atoms with Crippen LogP contribution in [0.1, 0.15) is 21.6 Å². The van der Waals surface area contributed by atoms with Crippen LogP contribution in [-0.2, 0) is 6.18 Å². The van der Waals surface area contributed by atoms with Crippen molar-refractivity contribution in [3.63, 3.8) is 0 Å². The number of rotatable bonds is 2. The van der Waals surface area contributed by atoms with Crippen molar-refractivity contribution in [3.05, 3.63) is 74.8 Å². The molecule has 3 aromatic rings. The molecule has 0 fully saturated rings. The molecule has 0 aliphatic carbocycles. The van der Waals surface area contributed by atoms with Crippen molar-refractivity contribution < 1.29 is 18.0 Å². The van der Waals surface area contributed by atoms with E-state index >= 15 is 0 Å². The number of anilines is 1. The van der Waals surface area contributed by atoms with Gasteiger partial charge in [-0.3, -0.25) is 14.0 Å². The minimum absolute atomic E-state index is 0.176. The van der Waals surface area contributed by atoms with Crippen LogP contribution in [0.4, 0.5) is 18.9 Å². The summed E-state index contributed by atoms with van der Waals surface area (Å²) in [5, 5.41) is 2.51. The summed E-state index contributed by atoms with van der Waals surface area (Å²) >= 11 is 5.86. The number of carbonyl (C=O) groups is 1. The Balaban J connectivity index is 2.08. The number of nitrogens with zero attached hydrogens (tertiary/aromatic N) is 2. The van der Waals surface area contributed by atoms with E-state index < -0.39 is 28.8 Å². The predicted octanol–water partition coefficient (Wildman–Crippen LogP) is 3.93. The van der Waals surface area contributed by atoms with Gasteiger partial charge in [0, 0.05) is 6.20 Å². The maximum absolute atomic E-state index is 13.1. The zero-order valence-corrected chi connectivity index (χ0v) is 14.0. The average molecular weight is 382 g/mol. The molecule has 0 saturated heterocycles. The first kappa shape index (κ1) is 17.9. The van der Waals surface area contributed by atoms with E-state index in [0.717, 1.165) is 16.5 Å². The SMILES string of the molecule is Cc1nc2ccc(Cl)cn2c(=O)c1NC(=O)c1ccccc1C(F)(F)F. The first-order chi connectivity index (χ1) is 12.2. The van der Waals surface area contributed by atoms with Gasteiger partial charge in [0.2, 0.25) is 0 Å². The second-order valence-corrected chi connectivity index (χ2v) is 5.89. The molecule has 2 aromatic heterocycles. The van der Waals surface area contributed by atoms with Crippen molar-refractivity contribution in [2.45, 2.75) is 13.1 Å². The molecule has 0 aliphatic heterocycles. The lowest BCUT2D eigenvalue weighted by Gasteiger charge is -2.13. The number of halogens is 4. The van der Waals surface area contributed by atoms with Crippen LogP contribution in [0.25, 0.3) is 5.65 Å². The Hall–Kier alpha value is -2.87. The van der Waals surface area contributed by atoms with Crippen LogP contribution in [-0.4, -0.2) is 15.3 Å². The molecular formula is C17H11ClF3N3O2. The summed E-state index contributed by atoms with van der Waals surface area (Å²) in [6.45, 7) is 1.47. The van der Waals surface area contributed by atoms with E-state index in [1.54, 1.807) is 6.07 Å². The van der Waals surface area contributed by atoms with E-state index in [1.807, 2.05) is 0 Å². The zero-order valence-electron chi connectivity index (χ0n) is 13.3. The standard InChI is InChI=1S/C17H11ClF3N3O2/c1-9-14(16(26)24-8-10(18)6-7-13(24)22-9)23-15(25)11-4-2-3-5-12(11)17(19,20)21/h2-8H,1H3,(H,23,25). The van der Waals surface area contributed by atoms with Crippen LogP contribution >= 0.6 is 11.6 Å². The quantitative estimate of drug-likeness (QED) is 0.731. The Bertz CT molecular complexity index is 1080. The summed E-state index contributed by atoms with van der Waals surface area (Å²) in [5.74, 6) is -1.05. The molecule has 0 bridgehead atoms. The van der Waals surface area contributed by atoms with Crippen LogP contribution in [0.15, 0.2) is 47.4 Å². The van der Waals surface area contributed by atoms with E-state index in [2.05, 4.69) is 10.3 Å². The minimum Gasteiger partial charge on any atom is -0.316 e. The fraction of sp³-hybridized carbons (Fsp3) is 0.118. The number of benzene rings is 1. The topological polar surface area (TPSA) is 63.5 Å². The number of fused-ring (bicyclic) bond motifs is 1. The number of amides is 1. The minimum atomic E-state index is -4.70. The number of alkyl halides is 3. The fourth-order valence-electron chi connectivity index (χ4n) is 2.48. The third kappa shape index (κ3) is 3.28. The second kappa shape index (κ2) is 6.45. The molecule has 2 heterocycles. The normalized spacial score (nSPS) is 11.6. The summed E-state index contributed by atoms with van der Waals surface area (Å²) in [4.78, 5) is 29.1. The molecule has 9 heteroatoms. The molecule has 0 radical (unpaired) electrons. The van der Waals surface area contributed by atoms with Crippen molar-refractivity contribution >= 4 is 28.8 Å². The molecule has 0 atom stereocenters. The summed E-state index contributed by atoms with van der Waals surface area (Å²) in [5.41, 5.74) is -2.07. The largest absolute Gasteiger partial charge is 0.417 e. The van der Waals surface area contributed by atoms with Crippen LogP contribution in [0.2, 0.25) is 5.02 Å². The van der Waals surface area contributed by atoms with E-state index in [9.17, 15) is 22.8 Å². The number of hydrogen-bond acceptors (Lipinski definition) is 3. The van der Waals surface area contributed by atoms with Gasteiger partial charge in [-0.15, -0.1) is 0 Å². The van der Waals surface area contributed by atoms with Gasteiger partial charge in [0.05, 0.1) is 21.8 Å². The monoisotopic (exact) mass is 381 g/mol. The first-order valence-electron chi connectivity index (χ1n) is 7.34. The van der Waals surface area contributed by atoms with Crippen molar-refractivity contribution in [2.75, 3.05) is 5.32 Å². The molecule has 1 amide bonds. The van der Waals surface area contributed by atoms with Gasteiger partial charge in [-0.25, -0.2) is 4.98 Å². The number of aromatic nitrogens is 2. The van der Waals surface area contributed by atoms with Crippen molar-refractivity contribution in [1.82, 2.24) is 9.38 Å². The van der Waals surface area contributed by atoms with Gasteiger partial charge in [0.15, 0.2) is 0 Å². The van der Waals surface area contributed by atoms with Gasteiger partial charge >= 0.3 is 6.18 Å². The Morgan fingerprint density at radius 2 is 1.88 bits per heavy atom. The third-order valence-corrected chi connectivity index (χ3v) is 3.91. The van der Waals surface area contributed by atoms with E-state index in [1.165, 1.54) is 31.3 Å². The van der Waals surface area contributed by atoms with Crippen molar-refractivity contribution in [3.8, 4) is 0 Å². The first-order valence-corrected chi connectivity index (χ1v) is 7.72. The summed E-state index contributed by atoms with van der Waals surface area (Å²) < 4.78 is 40.4. The maximum atomic E-state index is 13.1. The highest BCUT2D eigenvalue weighted by atomic mass is 35.5. The lowest BCUT2D eigenvalue weighted by molar-refractivity contribution is -0.137. The molecule has 0 aliphatic rings. The average Bonchev–Trinajstić information content (AvgIpc) is 2.58.